The van der Waals surface area contributed by atoms with Crippen LogP contribution in [-0.4, -0.2) is 35.2 Å². The second-order valence-electron chi connectivity index (χ2n) is 6.75. The maximum atomic E-state index is 12.5. The van der Waals surface area contributed by atoms with Gasteiger partial charge in [-0.3, -0.25) is 14.9 Å². The van der Waals surface area contributed by atoms with Crippen LogP contribution in [-0.2, 0) is 6.54 Å². The molecular formula is C20H24N4O3S. The molecule has 1 N–H and O–H groups in total. The van der Waals surface area contributed by atoms with Gasteiger partial charge in [0.2, 0.25) is 0 Å². The van der Waals surface area contributed by atoms with E-state index in [2.05, 4.69) is 15.2 Å². The average molecular weight is 401 g/mol. The number of nitro benzene ring substituents is 1. The summed E-state index contributed by atoms with van der Waals surface area (Å²) in [4.78, 5) is 30.8. The topological polar surface area (TPSA) is 88.4 Å². The van der Waals surface area contributed by atoms with Gasteiger partial charge >= 0.3 is 0 Å². The Kier molecular flexibility index (Phi) is 6.86. The predicted octanol–water partition coefficient (Wildman–Crippen LogP) is 4.02. The van der Waals surface area contributed by atoms with Gasteiger partial charge in [0.15, 0.2) is 0 Å². The van der Waals surface area contributed by atoms with E-state index in [0.29, 0.717) is 0 Å². The summed E-state index contributed by atoms with van der Waals surface area (Å²) in [7, 11) is 0. The molecule has 0 aliphatic carbocycles. The van der Waals surface area contributed by atoms with Crippen LogP contribution in [0, 0.1) is 10.1 Å². The molecule has 2 heterocycles. The van der Waals surface area contributed by atoms with Gasteiger partial charge in [-0.2, -0.15) is 0 Å². The first kappa shape index (κ1) is 20.1. The molecule has 1 saturated heterocycles. The van der Waals surface area contributed by atoms with Crippen LogP contribution >= 0.6 is 11.8 Å². The van der Waals surface area contributed by atoms with Crippen molar-refractivity contribution in [2.45, 2.75) is 37.1 Å². The Labute approximate surface area is 168 Å². The monoisotopic (exact) mass is 400 g/mol. The highest BCUT2D eigenvalue weighted by molar-refractivity contribution is 7.98. The highest BCUT2D eigenvalue weighted by Gasteiger charge is 2.20. The molecule has 3 rings (SSSR count). The molecule has 0 bridgehead atoms. The van der Waals surface area contributed by atoms with E-state index in [-0.39, 0.29) is 17.8 Å². The molecular weight excluding hydrogens is 376 g/mol. The normalized spacial score (nSPS) is 14.4. The summed E-state index contributed by atoms with van der Waals surface area (Å²) in [5.41, 5.74) is 0.742. The van der Waals surface area contributed by atoms with Crippen LogP contribution < -0.4 is 10.2 Å². The fourth-order valence-electron chi connectivity index (χ4n) is 3.27. The molecule has 1 aromatic carbocycles. The molecule has 0 saturated carbocycles. The number of thioether (sulfide) groups is 1. The molecule has 7 nitrogen and oxygen atoms in total. The summed E-state index contributed by atoms with van der Waals surface area (Å²) in [6.45, 7) is 2.32. The quantitative estimate of drug-likeness (QED) is 0.448. The number of amides is 1. The Hall–Kier alpha value is -2.61. The number of hydrogen-bond acceptors (Lipinski definition) is 6. The number of nitrogens with zero attached hydrogens (tertiary/aromatic N) is 3. The highest BCUT2D eigenvalue weighted by Crippen LogP contribution is 2.25. The molecule has 1 aromatic heterocycles. The third kappa shape index (κ3) is 5.01. The lowest BCUT2D eigenvalue weighted by atomic mass is 10.1. The molecule has 148 valence electrons. The third-order valence-electron chi connectivity index (χ3n) is 4.84. The van der Waals surface area contributed by atoms with Crippen molar-refractivity contribution >= 4 is 29.2 Å². The molecule has 0 spiro atoms. The smallest absolute Gasteiger partial charge is 0.282 e. The number of nitrogens with one attached hydrogen (secondary N) is 1. The largest absolute Gasteiger partial charge is 0.357 e. The fraction of sp³-hybridized carbons (Fsp3) is 0.400. The van der Waals surface area contributed by atoms with Crippen molar-refractivity contribution in [3.63, 3.8) is 0 Å². The Balaban J connectivity index is 1.65. The van der Waals surface area contributed by atoms with E-state index >= 15 is 0 Å². The summed E-state index contributed by atoms with van der Waals surface area (Å²) < 4.78 is 0. The predicted molar refractivity (Wildman–Crippen MR) is 111 cm³/mol. The highest BCUT2D eigenvalue weighted by atomic mass is 32.2. The van der Waals surface area contributed by atoms with E-state index < -0.39 is 10.8 Å². The van der Waals surface area contributed by atoms with Gasteiger partial charge in [-0.25, -0.2) is 4.98 Å². The van der Waals surface area contributed by atoms with Crippen LogP contribution in [0.2, 0.25) is 0 Å². The molecule has 0 unspecified atom stereocenters. The zero-order valence-corrected chi connectivity index (χ0v) is 16.7. The average Bonchev–Trinajstić information content (AvgIpc) is 3.01. The van der Waals surface area contributed by atoms with Crippen LogP contribution in [0.25, 0.3) is 0 Å². The maximum Gasteiger partial charge on any atom is 0.282 e. The summed E-state index contributed by atoms with van der Waals surface area (Å²) in [5.74, 6) is 0.500. The lowest BCUT2D eigenvalue weighted by Gasteiger charge is -2.21. The fourth-order valence-corrected chi connectivity index (χ4v) is 3.71. The number of hydrogen-bond donors (Lipinski definition) is 1. The number of carbonyl (C=O) groups is 1. The van der Waals surface area contributed by atoms with E-state index in [1.165, 1.54) is 43.5 Å². The molecule has 1 aliphatic rings. The van der Waals surface area contributed by atoms with Crippen molar-refractivity contribution in [3.8, 4) is 0 Å². The summed E-state index contributed by atoms with van der Waals surface area (Å²) in [6, 6.07) is 8.49. The summed E-state index contributed by atoms with van der Waals surface area (Å²) in [6.07, 6.45) is 8.53. The molecule has 8 heteroatoms. The molecule has 28 heavy (non-hydrogen) atoms. The zero-order valence-electron chi connectivity index (χ0n) is 15.9. The van der Waals surface area contributed by atoms with Crippen molar-refractivity contribution < 1.29 is 9.72 Å². The standard InChI is InChI=1S/C20H24N4O3S/c1-28-16-7-8-18(24(26)27)17(12-16)20(25)22-14-15-6-9-19(21-13-15)23-10-4-2-3-5-11-23/h6-9,12-13H,2-5,10-11,14H2,1H3,(H,22,25). The van der Waals surface area contributed by atoms with E-state index in [9.17, 15) is 14.9 Å². The van der Waals surface area contributed by atoms with Gasteiger partial charge in [-0.1, -0.05) is 18.9 Å². The van der Waals surface area contributed by atoms with Crippen LogP contribution in [0.15, 0.2) is 41.4 Å². The first-order valence-corrected chi connectivity index (χ1v) is 10.6. The minimum absolute atomic E-state index is 0.0750. The lowest BCUT2D eigenvalue weighted by molar-refractivity contribution is -0.385. The van der Waals surface area contributed by atoms with Gasteiger partial charge in [0, 0.05) is 36.8 Å². The molecule has 0 radical (unpaired) electrons. The van der Waals surface area contributed by atoms with E-state index in [1.807, 2.05) is 18.4 Å². The molecule has 2 aromatic rings. The van der Waals surface area contributed by atoms with Crippen LogP contribution in [0.1, 0.15) is 41.6 Å². The number of carbonyl (C=O) groups excluding carboxylic acids is 1. The number of aromatic nitrogens is 1. The van der Waals surface area contributed by atoms with Gasteiger partial charge in [-0.15, -0.1) is 11.8 Å². The lowest BCUT2D eigenvalue weighted by Crippen LogP contribution is -2.25. The van der Waals surface area contributed by atoms with Crippen LogP contribution in [0.5, 0.6) is 0 Å². The van der Waals surface area contributed by atoms with Gasteiger partial charge < -0.3 is 10.2 Å². The number of rotatable bonds is 6. The Bertz CT molecular complexity index is 834. The van der Waals surface area contributed by atoms with Gasteiger partial charge in [-0.05, 0) is 42.9 Å². The van der Waals surface area contributed by atoms with E-state index in [0.717, 1.165) is 29.4 Å². The minimum atomic E-state index is -0.531. The number of nitro groups is 1. The summed E-state index contributed by atoms with van der Waals surface area (Å²) in [5, 5.41) is 14.0. The minimum Gasteiger partial charge on any atom is -0.357 e. The SMILES string of the molecule is CSc1ccc([N+](=O)[O-])c(C(=O)NCc2ccc(N3CCCCCC3)nc2)c1. The number of benzene rings is 1. The summed E-state index contributed by atoms with van der Waals surface area (Å²) >= 11 is 1.43. The maximum absolute atomic E-state index is 12.5. The second-order valence-corrected chi connectivity index (χ2v) is 7.63. The zero-order chi connectivity index (χ0) is 19.9. The van der Waals surface area contributed by atoms with Gasteiger partial charge in [0.25, 0.3) is 11.6 Å². The van der Waals surface area contributed by atoms with Crippen LogP contribution in [0.4, 0.5) is 11.5 Å². The first-order valence-electron chi connectivity index (χ1n) is 9.39. The van der Waals surface area contributed by atoms with E-state index in [1.54, 1.807) is 18.3 Å². The van der Waals surface area contributed by atoms with Crippen molar-refractivity contribution in [1.82, 2.24) is 10.3 Å². The van der Waals surface area contributed by atoms with Crippen LogP contribution in [0.3, 0.4) is 0 Å². The molecule has 1 amide bonds. The van der Waals surface area contributed by atoms with Gasteiger partial charge in [0.1, 0.15) is 11.4 Å². The Morgan fingerprint density at radius 1 is 1.21 bits per heavy atom. The number of anilines is 1. The van der Waals surface area contributed by atoms with Crippen molar-refractivity contribution in [1.29, 1.82) is 0 Å². The van der Waals surface area contributed by atoms with Crippen molar-refractivity contribution in [2.24, 2.45) is 0 Å². The van der Waals surface area contributed by atoms with E-state index in [4.69, 9.17) is 0 Å². The first-order chi connectivity index (χ1) is 13.6. The third-order valence-corrected chi connectivity index (χ3v) is 5.56. The number of pyridine rings is 1. The second kappa shape index (κ2) is 9.54. The Morgan fingerprint density at radius 3 is 2.57 bits per heavy atom. The molecule has 0 atom stereocenters. The van der Waals surface area contributed by atoms with Crippen molar-refractivity contribution in [2.75, 3.05) is 24.2 Å². The van der Waals surface area contributed by atoms with Crippen molar-refractivity contribution in [3.05, 3.63) is 57.8 Å². The van der Waals surface area contributed by atoms with Gasteiger partial charge in [0.05, 0.1) is 4.92 Å². The Morgan fingerprint density at radius 2 is 1.96 bits per heavy atom. The molecule has 1 aliphatic heterocycles. The molecule has 1 fully saturated rings.